The van der Waals surface area contributed by atoms with Gasteiger partial charge in [-0.25, -0.2) is 0 Å². The molecule has 4 aliphatic rings. The van der Waals surface area contributed by atoms with Crippen LogP contribution in [0.25, 0.3) is 0 Å². The summed E-state index contributed by atoms with van der Waals surface area (Å²) in [7, 11) is 0. The monoisotopic (exact) mass is 495 g/mol. The molecule has 1 aromatic carbocycles. The lowest BCUT2D eigenvalue weighted by atomic mass is 9.61. The molecule has 33 heavy (non-hydrogen) atoms. The molecule has 8 heteroatoms. The van der Waals surface area contributed by atoms with Crippen LogP contribution in [-0.2, 0) is 9.59 Å². The normalized spacial score (nSPS) is 31.1. The van der Waals surface area contributed by atoms with Gasteiger partial charge >= 0.3 is 0 Å². The molecule has 1 aliphatic heterocycles. The fourth-order valence-corrected chi connectivity index (χ4v) is 6.17. The van der Waals surface area contributed by atoms with E-state index >= 15 is 0 Å². The molecule has 2 amide bonds. The van der Waals surface area contributed by atoms with Crippen molar-refractivity contribution in [3.63, 3.8) is 0 Å². The third kappa shape index (κ3) is 5.44. The van der Waals surface area contributed by atoms with Crippen molar-refractivity contribution >= 4 is 35.0 Å². The minimum Gasteiger partial charge on any atom is -0.484 e. The van der Waals surface area contributed by atoms with Crippen LogP contribution in [0.2, 0.25) is 10.0 Å². The van der Waals surface area contributed by atoms with Crippen molar-refractivity contribution in [3.05, 3.63) is 28.2 Å². The second kappa shape index (κ2) is 10.0. The van der Waals surface area contributed by atoms with Gasteiger partial charge in [0.15, 0.2) is 6.61 Å². The Morgan fingerprint density at radius 1 is 0.970 bits per heavy atom. The number of benzene rings is 1. The Balaban J connectivity index is 1.30. The lowest BCUT2D eigenvalue weighted by Gasteiger charge is -2.54. The quantitative estimate of drug-likeness (QED) is 0.485. The van der Waals surface area contributed by atoms with Gasteiger partial charge in [-0.05, 0) is 82.9 Å². The highest BCUT2D eigenvalue weighted by atomic mass is 35.5. The molecular weight excluding hydrogens is 461 g/mol. The summed E-state index contributed by atoms with van der Waals surface area (Å²) < 4.78 is 5.60. The topological polar surface area (TPSA) is 79.5 Å². The summed E-state index contributed by atoms with van der Waals surface area (Å²) in [5, 5.41) is 11.1. The molecule has 5 rings (SSSR count). The van der Waals surface area contributed by atoms with E-state index in [-0.39, 0.29) is 29.5 Å². The number of hydrogen-bond acceptors (Lipinski definition) is 4. The summed E-state index contributed by atoms with van der Waals surface area (Å²) in [6, 6.07) is 4.96. The highest BCUT2D eigenvalue weighted by molar-refractivity contribution is 6.42. The minimum atomic E-state index is -0.413. The van der Waals surface area contributed by atoms with Crippen molar-refractivity contribution < 1.29 is 14.3 Å². The van der Waals surface area contributed by atoms with Crippen LogP contribution in [0.3, 0.4) is 0 Å². The summed E-state index contributed by atoms with van der Waals surface area (Å²) in [6.45, 7) is 3.00. The number of carbonyl (C=O) groups is 2. The van der Waals surface area contributed by atoms with E-state index in [2.05, 4.69) is 22.9 Å². The Hall–Kier alpha value is -1.50. The highest BCUT2D eigenvalue weighted by Gasteiger charge is 2.51. The van der Waals surface area contributed by atoms with Crippen LogP contribution in [0.5, 0.6) is 5.75 Å². The molecule has 0 aromatic heterocycles. The highest BCUT2D eigenvalue weighted by Crippen LogP contribution is 2.47. The van der Waals surface area contributed by atoms with Gasteiger partial charge in [0.25, 0.3) is 5.91 Å². The Bertz CT molecular complexity index is 856. The van der Waals surface area contributed by atoms with E-state index in [1.807, 2.05) is 0 Å². The molecule has 4 fully saturated rings. The number of carbonyl (C=O) groups excluding carboxylic acids is 2. The van der Waals surface area contributed by atoms with Gasteiger partial charge in [0.1, 0.15) is 5.75 Å². The number of fused-ring (bicyclic) bond motifs is 3. The standard InChI is InChI=1S/C25H35Cl2N3O3/c1-2-7-25(8-3-4-15-28-25)22(32)30-24-12-9-23(10-13-24,11-14-24)29-21(31)17-33-18-5-6-19(26)20(27)16-18/h5-6,16,28H,2-4,7-15,17H2,1H3,(H,29,31)(H,30,32). The van der Waals surface area contributed by atoms with E-state index in [0.717, 1.165) is 77.2 Å². The SMILES string of the molecule is CCCC1(C(=O)NC23CCC(NC(=O)COc4ccc(Cl)c(Cl)c4)(CC2)CC3)CCCCN1. The second-order valence-corrected chi connectivity index (χ2v) is 11.0. The van der Waals surface area contributed by atoms with Gasteiger partial charge in [-0.1, -0.05) is 36.5 Å². The summed E-state index contributed by atoms with van der Waals surface area (Å²) in [4.78, 5) is 26.0. The van der Waals surface area contributed by atoms with Gasteiger partial charge in [-0.3, -0.25) is 9.59 Å². The maximum absolute atomic E-state index is 13.4. The van der Waals surface area contributed by atoms with Gasteiger partial charge in [-0.2, -0.15) is 0 Å². The predicted molar refractivity (Wildman–Crippen MR) is 131 cm³/mol. The molecule has 1 unspecified atom stereocenters. The predicted octanol–water partition coefficient (Wildman–Crippen LogP) is 4.76. The zero-order valence-corrected chi connectivity index (χ0v) is 20.9. The van der Waals surface area contributed by atoms with Crippen molar-refractivity contribution in [3.8, 4) is 5.75 Å². The van der Waals surface area contributed by atoms with Crippen LogP contribution in [0.1, 0.15) is 77.6 Å². The van der Waals surface area contributed by atoms with Gasteiger partial charge in [0, 0.05) is 17.1 Å². The van der Waals surface area contributed by atoms with Crippen LogP contribution >= 0.6 is 23.2 Å². The fraction of sp³-hybridized carbons (Fsp3) is 0.680. The summed E-state index contributed by atoms with van der Waals surface area (Å²) in [5.41, 5.74) is -0.751. The van der Waals surface area contributed by atoms with Crippen molar-refractivity contribution in [2.24, 2.45) is 0 Å². The first-order valence-corrected chi connectivity index (χ1v) is 13.0. The number of hydrogen-bond donors (Lipinski definition) is 3. The number of nitrogens with one attached hydrogen (secondary N) is 3. The van der Waals surface area contributed by atoms with E-state index in [4.69, 9.17) is 27.9 Å². The molecule has 1 atom stereocenters. The summed E-state index contributed by atoms with van der Waals surface area (Å²) in [6.07, 6.45) is 10.4. The molecule has 0 radical (unpaired) electrons. The van der Waals surface area contributed by atoms with Gasteiger partial charge in [0.2, 0.25) is 5.91 Å². The molecule has 1 saturated heterocycles. The second-order valence-electron chi connectivity index (χ2n) is 10.1. The average molecular weight is 496 g/mol. The summed E-state index contributed by atoms with van der Waals surface area (Å²) >= 11 is 11.9. The number of amides is 2. The lowest BCUT2D eigenvalue weighted by Crippen LogP contribution is -2.68. The first kappa shape index (κ1) is 24.6. The Morgan fingerprint density at radius 3 is 2.21 bits per heavy atom. The number of halogens is 2. The molecule has 3 N–H and O–H groups in total. The number of rotatable bonds is 8. The molecule has 3 aliphatic carbocycles. The van der Waals surface area contributed by atoms with Crippen molar-refractivity contribution in [1.82, 2.24) is 16.0 Å². The molecular formula is C25H35Cl2N3O3. The molecule has 0 spiro atoms. The van der Waals surface area contributed by atoms with Crippen LogP contribution in [0, 0.1) is 0 Å². The van der Waals surface area contributed by atoms with Crippen LogP contribution in [-0.4, -0.2) is 41.6 Å². The fourth-order valence-electron chi connectivity index (χ4n) is 5.88. The molecule has 3 saturated carbocycles. The Morgan fingerprint density at radius 2 is 1.64 bits per heavy atom. The number of piperidine rings is 1. The third-order valence-corrected chi connectivity index (χ3v) is 8.63. The average Bonchev–Trinajstić information content (AvgIpc) is 2.82. The molecule has 6 nitrogen and oxygen atoms in total. The van der Waals surface area contributed by atoms with Crippen molar-refractivity contribution in [2.75, 3.05) is 13.2 Å². The maximum atomic E-state index is 13.4. The molecule has 2 bridgehead atoms. The van der Waals surface area contributed by atoms with Crippen molar-refractivity contribution in [1.29, 1.82) is 0 Å². The van der Waals surface area contributed by atoms with E-state index in [0.29, 0.717) is 15.8 Å². The van der Waals surface area contributed by atoms with E-state index < -0.39 is 5.54 Å². The molecule has 182 valence electrons. The summed E-state index contributed by atoms with van der Waals surface area (Å²) in [5.74, 6) is 0.564. The Labute approximate surface area is 206 Å². The van der Waals surface area contributed by atoms with Gasteiger partial charge in [0.05, 0.1) is 15.6 Å². The molecule has 1 aromatic rings. The van der Waals surface area contributed by atoms with Gasteiger partial charge in [-0.15, -0.1) is 0 Å². The number of ether oxygens (including phenoxy) is 1. The maximum Gasteiger partial charge on any atom is 0.258 e. The van der Waals surface area contributed by atoms with E-state index in [1.165, 1.54) is 0 Å². The van der Waals surface area contributed by atoms with Crippen LogP contribution in [0.4, 0.5) is 0 Å². The zero-order chi connectivity index (χ0) is 23.5. The molecule has 1 heterocycles. The van der Waals surface area contributed by atoms with Crippen LogP contribution < -0.4 is 20.7 Å². The van der Waals surface area contributed by atoms with E-state index in [9.17, 15) is 9.59 Å². The smallest absolute Gasteiger partial charge is 0.258 e. The van der Waals surface area contributed by atoms with Gasteiger partial charge < -0.3 is 20.7 Å². The zero-order valence-electron chi connectivity index (χ0n) is 19.4. The Kier molecular flexibility index (Phi) is 7.47. The van der Waals surface area contributed by atoms with Crippen LogP contribution in [0.15, 0.2) is 18.2 Å². The minimum absolute atomic E-state index is 0.0627. The first-order chi connectivity index (χ1) is 15.8. The van der Waals surface area contributed by atoms with E-state index in [1.54, 1.807) is 18.2 Å². The largest absolute Gasteiger partial charge is 0.484 e. The lowest BCUT2D eigenvalue weighted by molar-refractivity contribution is -0.134. The first-order valence-electron chi connectivity index (χ1n) is 12.3. The van der Waals surface area contributed by atoms with Crippen molar-refractivity contribution in [2.45, 2.75) is 94.2 Å². The third-order valence-electron chi connectivity index (χ3n) is 7.90.